The molecular formula is C17H30IN3O3. The van der Waals surface area contributed by atoms with E-state index in [0.29, 0.717) is 13.2 Å². The average Bonchev–Trinajstić information content (AvgIpc) is 2.55. The number of hydrogen-bond donors (Lipinski definition) is 2. The van der Waals surface area contributed by atoms with Crippen LogP contribution in [0.4, 0.5) is 0 Å². The largest absolute Gasteiger partial charge is 0.497 e. The summed E-state index contributed by atoms with van der Waals surface area (Å²) in [5.74, 6) is 2.47. The van der Waals surface area contributed by atoms with Crippen LogP contribution >= 0.6 is 24.0 Å². The van der Waals surface area contributed by atoms with E-state index in [4.69, 9.17) is 14.2 Å². The van der Waals surface area contributed by atoms with Crippen LogP contribution < -0.4 is 20.1 Å². The van der Waals surface area contributed by atoms with Gasteiger partial charge in [-0.15, -0.1) is 24.0 Å². The van der Waals surface area contributed by atoms with Crippen molar-refractivity contribution in [2.45, 2.75) is 26.3 Å². The van der Waals surface area contributed by atoms with Crippen LogP contribution in [0.15, 0.2) is 23.2 Å². The van der Waals surface area contributed by atoms with Crippen molar-refractivity contribution < 1.29 is 14.2 Å². The summed E-state index contributed by atoms with van der Waals surface area (Å²) in [6, 6.07) is 6.00. The maximum atomic E-state index is 5.39. The Kier molecular flexibility index (Phi) is 12.4. The molecule has 0 saturated heterocycles. The Bertz CT molecular complexity index is 498. The molecule has 7 heteroatoms. The van der Waals surface area contributed by atoms with Crippen molar-refractivity contribution in [1.82, 2.24) is 10.6 Å². The fraction of sp³-hybridized carbons (Fsp3) is 0.588. The SMILES string of the molecule is CCNC(=NCCc1cc(OC)ccc1OC)NC(C)COC.I. The molecule has 0 radical (unpaired) electrons. The van der Waals surface area contributed by atoms with E-state index in [9.17, 15) is 0 Å². The summed E-state index contributed by atoms with van der Waals surface area (Å²) in [5.41, 5.74) is 1.08. The number of nitrogens with zero attached hydrogens (tertiary/aromatic N) is 1. The van der Waals surface area contributed by atoms with Crippen LogP contribution in [0.1, 0.15) is 19.4 Å². The molecule has 0 aliphatic carbocycles. The predicted octanol–water partition coefficient (Wildman–Crippen LogP) is 2.45. The molecule has 138 valence electrons. The fourth-order valence-electron chi connectivity index (χ4n) is 2.21. The van der Waals surface area contributed by atoms with Crippen LogP contribution in [0.25, 0.3) is 0 Å². The smallest absolute Gasteiger partial charge is 0.191 e. The molecule has 0 aliphatic heterocycles. The van der Waals surface area contributed by atoms with E-state index in [-0.39, 0.29) is 30.0 Å². The summed E-state index contributed by atoms with van der Waals surface area (Å²) < 4.78 is 15.8. The van der Waals surface area contributed by atoms with Crippen molar-refractivity contribution in [2.24, 2.45) is 4.99 Å². The molecule has 6 nitrogen and oxygen atoms in total. The topological polar surface area (TPSA) is 64.1 Å². The van der Waals surface area contributed by atoms with E-state index in [0.717, 1.165) is 36.0 Å². The van der Waals surface area contributed by atoms with E-state index >= 15 is 0 Å². The van der Waals surface area contributed by atoms with Gasteiger partial charge in [-0.2, -0.15) is 0 Å². The molecule has 0 saturated carbocycles. The van der Waals surface area contributed by atoms with Gasteiger partial charge in [-0.1, -0.05) is 0 Å². The molecule has 1 aromatic rings. The van der Waals surface area contributed by atoms with Gasteiger partial charge in [0.2, 0.25) is 0 Å². The van der Waals surface area contributed by atoms with Gasteiger partial charge in [0.05, 0.1) is 20.8 Å². The van der Waals surface area contributed by atoms with Crippen molar-refractivity contribution in [3.8, 4) is 11.5 Å². The normalized spacial score (nSPS) is 12.1. The molecule has 0 heterocycles. The molecule has 0 bridgehead atoms. The van der Waals surface area contributed by atoms with E-state index in [2.05, 4.69) is 22.5 Å². The first-order valence-corrected chi connectivity index (χ1v) is 7.89. The second-order valence-electron chi connectivity index (χ2n) is 5.19. The van der Waals surface area contributed by atoms with Gasteiger partial charge in [0, 0.05) is 26.2 Å². The Morgan fingerprint density at radius 1 is 1.21 bits per heavy atom. The summed E-state index contributed by atoms with van der Waals surface area (Å²) in [6.45, 7) is 6.20. The van der Waals surface area contributed by atoms with Gasteiger partial charge in [0.1, 0.15) is 11.5 Å². The van der Waals surface area contributed by atoms with Crippen molar-refractivity contribution in [3.05, 3.63) is 23.8 Å². The van der Waals surface area contributed by atoms with Gasteiger partial charge < -0.3 is 24.8 Å². The van der Waals surface area contributed by atoms with Crippen molar-refractivity contribution in [2.75, 3.05) is 41.0 Å². The number of rotatable bonds is 9. The second kappa shape index (κ2) is 13.1. The summed E-state index contributed by atoms with van der Waals surface area (Å²) >= 11 is 0. The third-order valence-electron chi connectivity index (χ3n) is 3.28. The quantitative estimate of drug-likeness (QED) is 0.343. The molecule has 0 fully saturated rings. The third kappa shape index (κ3) is 8.05. The average molecular weight is 451 g/mol. The molecule has 0 aliphatic rings. The molecule has 2 N–H and O–H groups in total. The van der Waals surface area contributed by atoms with Gasteiger partial charge in [0.25, 0.3) is 0 Å². The Labute approximate surface area is 162 Å². The van der Waals surface area contributed by atoms with E-state index in [1.807, 2.05) is 25.1 Å². The Balaban J connectivity index is 0.00000529. The van der Waals surface area contributed by atoms with Gasteiger partial charge >= 0.3 is 0 Å². The first-order valence-electron chi connectivity index (χ1n) is 7.89. The number of hydrogen-bond acceptors (Lipinski definition) is 4. The van der Waals surface area contributed by atoms with E-state index in [1.54, 1.807) is 21.3 Å². The van der Waals surface area contributed by atoms with Crippen molar-refractivity contribution in [3.63, 3.8) is 0 Å². The third-order valence-corrected chi connectivity index (χ3v) is 3.28. The number of methoxy groups -OCH3 is 3. The zero-order valence-electron chi connectivity index (χ0n) is 15.2. The number of guanidine groups is 1. The molecule has 0 spiro atoms. The zero-order chi connectivity index (χ0) is 17.1. The number of nitrogens with one attached hydrogen (secondary N) is 2. The van der Waals surface area contributed by atoms with Crippen LogP contribution in [0.3, 0.4) is 0 Å². The zero-order valence-corrected chi connectivity index (χ0v) is 17.5. The van der Waals surface area contributed by atoms with E-state index < -0.39 is 0 Å². The molecule has 1 rings (SSSR count). The minimum absolute atomic E-state index is 0. The number of benzene rings is 1. The maximum Gasteiger partial charge on any atom is 0.191 e. The molecule has 0 aromatic heterocycles. The lowest BCUT2D eigenvalue weighted by Crippen LogP contribution is -2.44. The number of aliphatic imine (C=N–C) groups is 1. The second-order valence-corrected chi connectivity index (χ2v) is 5.19. The summed E-state index contributed by atoms with van der Waals surface area (Å²) in [4.78, 5) is 4.60. The Morgan fingerprint density at radius 2 is 1.96 bits per heavy atom. The van der Waals surface area contributed by atoms with Crippen LogP contribution in [-0.2, 0) is 11.2 Å². The molecule has 1 unspecified atom stereocenters. The predicted molar refractivity (Wildman–Crippen MR) is 109 cm³/mol. The fourth-order valence-corrected chi connectivity index (χ4v) is 2.21. The number of ether oxygens (including phenoxy) is 3. The highest BCUT2D eigenvalue weighted by Crippen LogP contribution is 2.24. The van der Waals surface area contributed by atoms with Gasteiger partial charge in [-0.05, 0) is 44.0 Å². The molecule has 1 atom stereocenters. The first kappa shape index (κ1) is 22.8. The van der Waals surface area contributed by atoms with Crippen LogP contribution in [0.5, 0.6) is 11.5 Å². The highest BCUT2D eigenvalue weighted by atomic mass is 127. The Hall–Kier alpha value is -1.22. The minimum atomic E-state index is 0. The van der Waals surface area contributed by atoms with Gasteiger partial charge in [0.15, 0.2) is 5.96 Å². The highest BCUT2D eigenvalue weighted by Gasteiger charge is 2.07. The van der Waals surface area contributed by atoms with Gasteiger partial charge in [-0.25, -0.2) is 0 Å². The van der Waals surface area contributed by atoms with Crippen molar-refractivity contribution >= 4 is 29.9 Å². The number of halogens is 1. The summed E-state index contributed by atoms with van der Waals surface area (Å²) in [6.07, 6.45) is 0.773. The van der Waals surface area contributed by atoms with Crippen molar-refractivity contribution in [1.29, 1.82) is 0 Å². The minimum Gasteiger partial charge on any atom is -0.497 e. The Morgan fingerprint density at radius 3 is 2.54 bits per heavy atom. The van der Waals surface area contributed by atoms with Gasteiger partial charge in [-0.3, -0.25) is 4.99 Å². The standard InChI is InChI=1S/C17H29N3O3.HI/c1-6-18-17(20-13(2)12-21-3)19-10-9-14-11-15(22-4)7-8-16(14)23-5;/h7-8,11,13H,6,9-10,12H2,1-5H3,(H2,18,19,20);1H. The lowest BCUT2D eigenvalue weighted by molar-refractivity contribution is 0.179. The molecule has 1 aromatic carbocycles. The molecular weight excluding hydrogens is 421 g/mol. The summed E-state index contributed by atoms with van der Waals surface area (Å²) in [5, 5.41) is 6.55. The maximum absolute atomic E-state index is 5.39. The van der Waals surface area contributed by atoms with Crippen LogP contribution in [0, 0.1) is 0 Å². The molecule has 0 amide bonds. The lowest BCUT2D eigenvalue weighted by Gasteiger charge is -2.17. The van der Waals surface area contributed by atoms with Crippen LogP contribution in [-0.4, -0.2) is 53.0 Å². The van der Waals surface area contributed by atoms with E-state index in [1.165, 1.54) is 0 Å². The molecule has 24 heavy (non-hydrogen) atoms. The lowest BCUT2D eigenvalue weighted by atomic mass is 10.1. The first-order chi connectivity index (χ1) is 11.1. The highest BCUT2D eigenvalue weighted by molar-refractivity contribution is 14.0. The van der Waals surface area contributed by atoms with Crippen LogP contribution in [0.2, 0.25) is 0 Å². The monoisotopic (exact) mass is 451 g/mol. The summed E-state index contributed by atoms with van der Waals surface area (Å²) in [7, 11) is 5.03.